The fraction of sp³-hybridized carbons (Fsp3) is 0.304. The SMILES string of the molecule is Cc1cc(S(=O)(=O)Nc2cccc(-c3ccc(N4CCCCCC4)nn3)c2)ccc1F. The van der Waals surface area contributed by atoms with Crippen LogP contribution in [0, 0.1) is 12.7 Å². The first-order valence-electron chi connectivity index (χ1n) is 10.4. The quantitative estimate of drug-likeness (QED) is 0.618. The average molecular weight is 441 g/mol. The molecule has 0 aliphatic carbocycles. The molecule has 31 heavy (non-hydrogen) atoms. The van der Waals surface area contributed by atoms with E-state index < -0.39 is 15.8 Å². The van der Waals surface area contributed by atoms with Gasteiger partial charge in [-0.25, -0.2) is 12.8 Å². The Hall–Kier alpha value is -3.00. The van der Waals surface area contributed by atoms with Gasteiger partial charge in [-0.1, -0.05) is 25.0 Å². The number of nitrogens with one attached hydrogen (secondary N) is 1. The molecule has 3 aromatic rings. The van der Waals surface area contributed by atoms with Crippen LogP contribution in [0.5, 0.6) is 0 Å². The maximum atomic E-state index is 13.5. The van der Waals surface area contributed by atoms with Crippen LogP contribution in [-0.4, -0.2) is 31.7 Å². The second kappa shape index (κ2) is 9.01. The van der Waals surface area contributed by atoms with Gasteiger partial charge in [0.05, 0.1) is 10.6 Å². The first-order chi connectivity index (χ1) is 14.9. The van der Waals surface area contributed by atoms with E-state index in [4.69, 9.17) is 0 Å². The van der Waals surface area contributed by atoms with Crippen LogP contribution >= 0.6 is 0 Å². The van der Waals surface area contributed by atoms with E-state index in [9.17, 15) is 12.8 Å². The van der Waals surface area contributed by atoms with E-state index >= 15 is 0 Å². The van der Waals surface area contributed by atoms with Crippen LogP contribution < -0.4 is 9.62 Å². The molecule has 1 fully saturated rings. The van der Waals surface area contributed by atoms with Gasteiger partial charge < -0.3 is 4.90 Å². The van der Waals surface area contributed by atoms with Crippen molar-refractivity contribution in [1.82, 2.24) is 10.2 Å². The molecule has 8 heteroatoms. The van der Waals surface area contributed by atoms with Crippen LogP contribution in [-0.2, 0) is 10.0 Å². The van der Waals surface area contributed by atoms with Gasteiger partial charge in [0.2, 0.25) is 0 Å². The average Bonchev–Trinajstić information content (AvgIpc) is 3.05. The molecule has 1 aliphatic rings. The highest BCUT2D eigenvalue weighted by Gasteiger charge is 2.16. The van der Waals surface area contributed by atoms with Crippen LogP contribution in [0.2, 0.25) is 0 Å². The molecule has 0 unspecified atom stereocenters. The van der Waals surface area contributed by atoms with Crippen LogP contribution in [0.4, 0.5) is 15.9 Å². The number of anilines is 2. The van der Waals surface area contributed by atoms with Gasteiger partial charge in [0.25, 0.3) is 10.0 Å². The van der Waals surface area contributed by atoms with Gasteiger partial charge in [-0.3, -0.25) is 4.72 Å². The van der Waals surface area contributed by atoms with Gasteiger partial charge >= 0.3 is 0 Å². The fourth-order valence-corrected chi connectivity index (χ4v) is 4.82. The van der Waals surface area contributed by atoms with Crippen LogP contribution in [0.25, 0.3) is 11.3 Å². The summed E-state index contributed by atoms with van der Waals surface area (Å²) in [6.45, 7) is 3.52. The lowest BCUT2D eigenvalue weighted by Gasteiger charge is -2.20. The van der Waals surface area contributed by atoms with Crippen molar-refractivity contribution in [2.24, 2.45) is 0 Å². The van der Waals surface area contributed by atoms with Gasteiger partial charge in [0.1, 0.15) is 5.82 Å². The highest BCUT2D eigenvalue weighted by Crippen LogP contribution is 2.25. The summed E-state index contributed by atoms with van der Waals surface area (Å²) in [5, 5.41) is 8.75. The Bertz CT molecular complexity index is 1160. The van der Waals surface area contributed by atoms with E-state index in [1.54, 1.807) is 18.2 Å². The van der Waals surface area contributed by atoms with E-state index in [0.717, 1.165) is 30.5 Å². The number of aryl methyl sites for hydroxylation is 1. The predicted octanol–water partition coefficient (Wildman–Crippen LogP) is 4.77. The molecule has 1 saturated heterocycles. The highest BCUT2D eigenvalue weighted by molar-refractivity contribution is 7.92. The lowest BCUT2D eigenvalue weighted by molar-refractivity contribution is 0.598. The third-order valence-corrected chi connectivity index (χ3v) is 6.81. The largest absolute Gasteiger partial charge is 0.355 e. The summed E-state index contributed by atoms with van der Waals surface area (Å²) < 4.78 is 41.4. The van der Waals surface area contributed by atoms with Gasteiger partial charge in [0, 0.05) is 24.3 Å². The molecule has 162 valence electrons. The smallest absolute Gasteiger partial charge is 0.261 e. The maximum absolute atomic E-state index is 13.5. The molecule has 0 saturated carbocycles. The van der Waals surface area contributed by atoms with Gasteiger partial charge in [-0.2, -0.15) is 0 Å². The van der Waals surface area contributed by atoms with Gasteiger partial charge in [-0.05, 0) is 67.8 Å². The van der Waals surface area contributed by atoms with E-state index in [-0.39, 0.29) is 10.5 Å². The van der Waals surface area contributed by atoms with Crippen molar-refractivity contribution in [3.05, 3.63) is 66.0 Å². The number of rotatable bonds is 5. The number of hydrogen-bond donors (Lipinski definition) is 1. The molecule has 1 aromatic heterocycles. The summed E-state index contributed by atoms with van der Waals surface area (Å²) in [6, 6.07) is 14.6. The Kier molecular flexibility index (Phi) is 6.18. The minimum atomic E-state index is -3.84. The number of sulfonamides is 1. The third-order valence-electron chi connectivity index (χ3n) is 5.43. The Morgan fingerprint density at radius 1 is 0.935 bits per heavy atom. The molecule has 0 amide bonds. The summed E-state index contributed by atoms with van der Waals surface area (Å²) in [7, 11) is -3.84. The number of nitrogens with zero attached hydrogens (tertiary/aromatic N) is 3. The number of benzene rings is 2. The molecule has 2 aromatic carbocycles. The summed E-state index contributed by atoms with van der Waals surface area (Å²) in [6.07, 6.45) is 4.84. The summed E-state index contributed by atoms with van der Waals surface area (Å²) in [5.41, 5.74) is 2.09. The molecular weight excluding hydrogens is 415 g/mol. The second-order valence-corrected chi connectivity index (χ2v) is 9.46. The minimum Gasteiger partial charge on any atom is -0.355 e. The standard InChI is InChI=1S/C23H25FN4O2S/c1-17-15-20(9-10-21(17)24)31(29,30)27-19-8-6-7-18(16-19)22-11-12-23(26-25-22)28-13-4-2-3-5-14-28/h6-12,15-16,27H,2-5,13-14H2,1H3. The van der Waals surface area contributed by atoms with Crippen molar-refractivity contribution in [2.75, 3.05) is 22.7 Å². The number of aromatic nitrogens is 2. The van der Waals surface area contributed by atoms with Crippen molar-refractivity contribution in [3.8, 4) is 11.3 Å². The normalized spacial score (nSPS) is 14.8. The first kappa shape index (κ1) is 21.2. The lowest BCUT2D eigenvalue weighted by Crippen LogP contribution is -2.25. The molecule has 4 rings (SSSR count). The summed E-state index contributed by atoms with van der Waals surface area (Å²) in [5.74, 6) is 0.428. The Morgan fingerprint density at radius 3 is 2.39 bits per heavy atom. The summed E-state index contributed by atoms with van der Waals surface area (Å²) >= 11 is 0. The Morgan fingerprint density at radius 2 is 1.71 bits per heavy atom. The van der Waals surface area contributed by atoms with E-state index in [1.165, 1.54) is 44.7 Å². The van der Waals surface area contributed by atoms with Crippen molar-refractivity contribution >= 4 is 21.5 Å². The third kappa shape index (κ3) is 5.02. The van der Waals surface area contributed by atoms with Crippen molar-refractivity contribution < 1.29 is 12.8 Å². The number of hydrogen-bond acceptors (Lipinski definition) is 5. The monoisotopic (exact) mass is 440 g/mol. The van der Waals surface area contributed by atoms with Crippen molar-refractivity contribution in [1.29, 1.82) is 0 Å². The Labute approximate surface area is 182 Å². The molecule has 6 nitrogen and oxygen atoms in total. The fourth-order valence-electron chi connectivity index (χ4n) is 3.69. The van der Waals surface area contributed by atoms with Gasteiger partial charge in [-0.15, -0.1) is 10.2 Å². The van der Waals surface area contributed by atoms with Crippen LogP contribution in [0.3, 0.4) is 0 Å². The first-order valence-corrected chi connectivity index (χ1v) is 11.9. The molecule has 1 N–H and O–H groups in total. The zero-order valence-electron chi connectivity index (χ0n) is 17.4. The van der Waals surface area contributed by atoms with Crippen molar-refractivity contribution in [3.63, 3.8) is 0 Å². The molecule has 2 heterocycles. The van der Waals surface area contributed by atoms with E-state index in [2.05, 4.69) is 19.8 Å². The topological polar surface area (TPSA) is 75.2 Å². The second-order valence-electron chi connectivity index (χ2n) is 7.78. The molecule has 0 spiro atoms. The maximum Gasteiger partial charge on any atom is 0.261 e. The summed E-state index contributed by atoms with van der Waals surface area (Å²) in [4.78, 5) is 2.28. The predicted molar refractivity (Wildman–Crippen MR) is 120 cm³/mol. The van der Waals surface area contributed by atoms with Crippen LogP contribution in [0.15, 0.2) is 59.5 Å². The van der Waals surface area contributed by atoms with Crippen molar-refractivity contribution in [2.45, 2.75) is 37.5 Å². The Balaban J connectivity index is 1.53. The van der Waals surface area contributed by atoms with E-state index in [1.807, 2.05) is 18.2 Å². The van der Waals surface area contributed by atoms with Crippen LogP contribution in [0.1, 0.15) is 31.2 Å². The zero-order valence-corrected chi connectivity index (χ0v) is 18.2. The molecule has 1 aliphatic heterocycles. The molecule has 0 bridgehead atoms. The molecular formula is C23H25FN4O2S. The zero-order chi connectivity index (χ0) is 21.8. The molecule has 0 radical (unpaired) electrons. The van der Waals surface area contributed by atoms with Gasteiger partial charge in [0.15, 0.2) is 5.82 Å². The minimum absolute atomic E-state index is 0.0124. The number of halogens is 1. The highest BCUT2D eigenvalue weighted by atomic mass is 32.2. The lowest BCUT2D eigenvalue weighted by atomic mass is 10.1. The molecule has 0 atom stereocenters. The van der Waals surface area contributed by atoms with E-state index in [0.29, 0.717) is 11.4 Å².